The van der Waals surface area contributed by atoms with Crippen LogP contribution in [-0.2, 0) is 15.1 Å². The third kappa shape index (κ3) is 5.16. The van der Waals surface area contributed by atoms with Crippen LogP contribution in [0.15, 0.2) is 42.5 Å². The maximum absolute atomic E-state index is 11.3. The molecule has 2 aromatic carbocycles. The van der Waals surface area contributed by atoms with E-state index in [-0.39, 0.29) is 0 Å². The number of benzene rings is 2. The van der Waals surface area contributed by atoms with Gasteiger partial charge < -0.3 is 15.0 Å². The van der Waals surface area contributed by atoms with Gasteiger partial charge in [0.05, 0.1) is 23.0 Å². The summed E-state index contributed by atoms with van der Waals surface area (Å²) in [5.74, 6) is 0.547. The van der Waals surface area contributed by atoms with Crippen molar-refractivity contribution in [3.05, 3.63) is 53.6 Å². The highest BCUT2D eigenvalue weighted by Crippen LogP contribution is 2.47. The molecular weight excluding hydrogens is 410 g/mol. The molecule has 2 saturated carbocycles. The minimum absolute atomic E-state index is 0.505. The Hall–Kier alpha value is -3.00. The first-order chi connectivity index (χ1) is 16.0. The molecule has 2 fully saturated rings. The third-order valence-electron chi connectivity index (χ3n) is 7.14. The summed E-state index contributed by atoms with van der Waals surface area (Å²) in [6, 6.07) is 16.8. The summed E-state index contributed by atoms with van der Waals surface area (Å²) in [5, 5.41) is 12.8. The normalized spacial score (nSPS) is 17.6. The molecule has 0 atom stereocenters. The lowest BCUT2D eigenvalue weighted by atomic mass is 9.74. The number of rotatable bonds is 9. The Kier molecular flexibility index (Phi) is 7.23. The van der Waals surface area contributed by atoms with Crippen LogP contribution in [0.25, 0.3) is 0 Å². The first kappa shape index (κ1) is 23.2. The maximum Gasteiger partial charge on any atom is 0.293 e. The molecule has 0 amide bonds. The van der Waals surface area contributed by atoms with Gasteiger partial charge in [0, 0.05) is 18.3 Å². The molecule has 174 valence electrons. The Morgan fingerprint density at radius 2 is 1.85 bits per heavy atom. The maximum atomic E-state index is 11.3. The van der Waals surface area contributed by atoms with Gasteiger partial charge in [0.15, 0.2) is 0 Å². The van der Waals surface area contributed by atoms with Crippen LogP contribution in [0, 0.1) is 17.2 Å². The number of nitriles is 1. The highest BCUT2D eigenvalue weighted by molar-refractivity contribution is 5.77. The van der Waals surface area contributed by atoms with E-state index in [2.05, 4.69) is 48.3 Å². The average Bonchev–Trinajstić information content (AvgIpc) is 2.81. The Labute approximate surface area is 197 Å². The third-order valence-corrected chi connectivity index (χ3v) is 7.14. The zero-order valence-electron chi connectivity index (χ0n) is 19.8. The highest BCUT2D eigenvalue weighted by Gasteiger charge is 2.41. The molecule has 2 aliphatic rings. The van der Waals surface area contributed by atoms with Gasteiger partial charge in [-0.05, 0) is 80.0 Å². The topological polar surface area (TPSA) is 65.4 Å². The van der Waals surface area contributed by atoms with E-state index >= 15 is 0 Å². The largest absolute Gasteiger partial charge is 0.456 e. The molecule has 0 spiro atoms. The van der Waals surface area contributed by atoms with Gasteiger partial charge in [-0.3, -0.25) is 4.79 Å². The summed E-state index contributed by atoms with van der Waals surface area (Å²) >= 11 is 0. The standard InChI is InChI=1S/C28H35N3O2/c1-21(2)19-31(25-7-4-3-5-8-25)27-14-11-23(28(33-20-32)15-6-16-28)17-26(27)30-24-12-9-22(18-29)10-13-24/h9-14,17,20-21,25,30H,3-8,15-16,19H2,1-2H3. The van der Waals surface area contributed by atoms with Gasteiger partial charge in [-0.2, -0.15) is 5.26 Å². The minimum Gasteiger partial charge on any atom is -0.456 e. The van der Waals surface area contributed by atoms with Crippen LogP contribution < -0.4 is 10.2 Å². The summed E-state index contributed by atoms with van der Waals surface area (Å²) in [5.41, 5.74) is 4.36. The number of carbonyl (C=O) groups is 1. The molecule has 5 nitrogen and oxygen atoms in total. The van der Waals surface area contributed by atoms with Gasteiger partial charge >= 0.3 is 0 Å². The summed E-state index contributed by atoms with van der Waals surface area (Å²) < 4.78 is 5.61. The molecule has 2 aromatic rings. The van der Waals surface area contributed by atoms with Crippen LogP contribution in [-0.4, -0.2) is 19.1 Å². The molecule has 0 aromatic heterocycles. The molecule has 0 heterocycles. The van der Waals surface area contributed by atoms with Gasteiger partial charge in [-0.15, -0.1) is 0 Å². The average molecular weight is 446 g/mol. The molecule has 2 aliphatic carbocycles. The van der Waals surface area contributed by atoms with Crippen LogP contribution in [0.4, 0.5) is 17.1 Å². The van der Waals surface area contributed by atoms with Gasteiger partial charge in [-0.25, -0.2) is 0 Å². The first-order valence-electron chi connectivity index (χ1n) is 12.3. The predicted octanol–water partition coefficient (Wildman–Crippen LogP) is 6.65. The van der Waals surface area contributed by atoms with Crippen LogP contribution in [0.1, 0.15) is 76.3 Å². The number of hydrogen-bond donors (Lipinski definition) is 1. The van der Waals surface area contributed by atoms with Crippen LogP contribution in [0.5, 0.6) is 0 Å². The van der Waals surface area contributed by atoms with E-state index in [0.29, 0.717) is 24.0 Å². The molecular formula is C28H35N3O2. The quantitative estimate of drug-likeness (QED) is 0.438. The van der Waals surface area contributed by atoms with Crippen molar-refractivity contribution < 1.29 is 9.53 Å². The summed E-state index contributed by atoms with van der Waals surface area (Å²) in [6.45, 7) is 6.15. The number of hydrogen-bond acceptors (Lipinski definition) is 5. The fraction of sp³-hybridized carbons (Fsp3) is 0.500. The highest BCUT2D eigenvalue weighted by atomic mass is 16.5. The van der Waals surface area contributed by atoms with Crippen LogP contribution in [0.2, 0.25) is 0 Å². The summed E-state index contributed by atoms with van der Waals surface area (Å²) in [6.07, 6.45) is 9.13. The molecule has 5 heteroatoms. The molecule has 33 heavy (non-hydrogen) atoms. The number of ether oxygens (including phenoxy) is 1. The van der Waals surface area contributed by atoms with Crippen molar-refractivity contribution in [1.29, 1.82) is 5.26 Å². The van der Waals surface area contributed by atoms with E-state index in [1.165, 1.54) is 37.8 Å². The lowest BCUT2D eigenvalue weighted by molar-refractivity contribution is -0.155. The Morgan fingerprint density at radius 3 is 2.42 bits per heavy atom. The van der Waals surface area contributed by atoms with E-state index in [1.54, 1.807) is 0 Å². The monoisotopic (exact) mass is 445 g/mol. The van der Waals surface area contributed by atoms with Crippen LogP contribution in [0.3, 0.4) is 0 Å². The van der Waals surface area contributed by atoms with Gasteiger partial charge in [0.2, 0.25) is 0 Å². The Balaban J connectivity index is 1.74. The minimum atomic E-state index is -0.505. The van der Waals surface area contributed by atoms with Crippen molar-refractivity contribution in [2.45, 2.75) is 76.9 Å². The molecule has 1 N–H and O–H groups in total. The van der Waals surface area contributed by atoms with E-state index in [1.807, 2.05) is 24.3 Å². The van der Waals surface area contributed by atoms with Gasteiger partial charge in [-0.1, -0.05) is 39.2 Å². The second-order valence-corrected chi connectivity index (χ2v) is 9.95. The number of nitrogens with one attached hydrogen (secondary N) is 1. The fourth-order valence-electron chi connectivity index (χ4n) is 5.25. The fourth-order valence-corrected chi connectivity index (χ4v) is 5.25. The molecule has 0 bridgehead atoms. The van der Waals surface area contributed by atoms with Crippen molar-refractivity contribution in [1.82, 2.24) is 0 Å². The van der Waals surface area contributed by atoms with E-state index < -0.39 is 5.60 Å². The number of carbonyl (C=O) groups excluding carboxylic acids is 1. The Bertz CT molecular complexity index is 983. The second kappa shape index (κ2) is 10.3. The number of nitrogens with zero attached hydrogens (tertiary/aromatic N) is 2. The second-order valence-electron chi connectivity index (χ2n) is 9.95. The zero-order chi connectivity index (χ0) is 23.3. The van der Waals surface area contributed by atoms with Crippen molar-refractivity contribution in [3.8, 4) is 6.07 Å². The van der Waals surface area contributed by atoms with E-state index in [0.717, 1.165) is 42.7 Å². The van der Waals surface area contributed by atoms with E-state index in [4.69, 9.17) is 10.00 Å². The lowest BCUT2D eigenvalue weighted by Crippen LogP contribution is -2.40. The van der Waals surface area contributed by atoms with Gasteiger partial charge in [0.25, 0.3) is 6.47 Å². The zero-order valence-corrected chi connectivity index (χ0v) is 19.8. The summed E-state index contributed by atoms with van der Waals surface area (Å²) in [4.78, 5) is 13.8. The molecule has 0 radical (unpaired) electrons. The molecule has 0 saturated heterocycles. The SMILES string of the molecule is CC(C)CN(c1ccc(C2(OC=O)CCC2)cc1Nc1ccc(C#N)cc1)C1CCCCC1. The smallest absolute Gasteiger partial charge is 0.293 e. The van der Waals surface area contributed by atoms with Crippen molar-refractivity contribution in [3.63, 3.8) is 0 Å². The lowest BCUT2D eigenvalue weighted by Gasteiger charge is -2.42. The van der Waals surface area contributed by atoms with Crippen molar-refractivity contribution >= 4 is 23.5 Å². The molecule has 0 unspecified atom stereocenters. The van der Waals surface area contributed by atoms with E-state index in [9.17, 15) is 4.79 Å². The number of anilines is 3. The molecule has 0 aliphatic heterocycles. The Morgan fingerprint density at radius 1 is 1.12 bits per heavy atom. The van der Waals surface area contributed by atoms with Gasteiger partial charge in [0.1, 0.15) is 5.60 Å². The van der Waals surface area contributed by atoms with Crippen molar-refractivity contribution in [2.24, 2.45) is 5.92 Å². The van der Waals surface area contributed by atoms with Crippen molar-refractivity contribution in [2.75, 3.05) is 16.8 Å². The molecule has 4 rings (SSSR count). The van der Waals surface area contributed by atoms with Crippen LogP contribution >= 0.6 is 0 Å². The summed E-state index contributed by atoms with van der Waals surface area (Å²) in [7, 11) is 0. The first-order valence-corrected chi connectivity index (χ1v) is 12.3. The predicted molar refractivity (Wildman–Crippen MR) is 133 cm³/mol.